The van der Waals surface area contributed by atoms with Crippen LogP contribution in [0.1, 0.15) is 44.1 Å². The molecule has 3 nitrogen and oxygen atoms in total. The van der Waals surface area contributed by atoms with Crippen LogP contribution in [0.4, 0.5) is 0 Å². The lowest BCUT2D eigenvalue weighted by atomic mass is 10.0. The van der Waals surface area contributed by atoms with E-state index in [0.717, 1.165) is 23.7 Å². The summed E-state index contributed by atoms with van der Waals surface area (Å²) in [5.41, 5.74) is 1.11. The number of amides is 1. The molecule has 2 atom stereocenters. The molecule has 2 rings (SSSR count). The van der Waals surface area contributed by atoms with Gasteiger partial charge < -0.3 is 5.32 Å². The molecule has 0 aliphatic heterocycles. The molecule has 0 aliphatic rings. The van der Waals surface area contributed by atoms with E-state index in [-0.39, 0.29) is 11.9 Å². The zero-order valence-electron chi connectivity index (χ0n) is 12.7. The van der Waals surface area contributed by atoms with Crippen LogP contribution in [0.5, 0.6) is 0 Å². The molecular weight excluding hydrogens is 284 g/mol. The average Bonchev–Trinajstić information content (AvgIpc) is 2.46. The fraction of sp³-hybridized carbons (Fsp3) is 0.412. The molecule has 1 aromatic heterocycles. The van der Waals surface area contributed by atoms with Crippen LogP contribution in [0.3, 0.4) is 0 Å². The molecule has 0 spiro atoms. The van der Waals surface area contributed by atoms with Gasteiger partial charge in [-0.25, -0.2) is 4.98 Å². The normalized spacial score (nSPS) is 13.9. The Morgan fingerprint density at radius 2 is 2.05 bits per heavy atom. The van der Waals surface area contributed by atoms with Gasteiger partial charge in [0.1, 0.15) is 5.69 Å². The second kappa shape index (κ2) is 6.90. The molecule has 1 aromatic carbocycles. The van der Waals surface area contributed by atoms with Crippen LogP contribution in [0.15, 0.2) is 30.3 Å². The van der Waals surface area contributed by atoms with Crippen molar-refractivity contribution in [3.63, 3.8) is 0 Å². The Bertz CT molecular complexity index is 642. The Hall–Kier alpha value is -1.61. The van der Waals surface area contributed by atoms with Gasteiger partial charge in [-0.3, -0.25) is 4.79 Å². The minimum absolute atomic E-state index is 0.125. The number of para-hydroxylation sites is 1. The number of benzene rings is 1. The van der Waals surface area contributed by atoms with E-state index in [0.29, 0.717) is 16.6 Å². The number of fused-ring (bicyclic) bond motifs is 1. The third-order valence-corrected chi connectivity index (χ3v) is 4.04. The van der Waals surface area contributed by atoms with E-state index < -0.39 is 0 Å². The van der Waals surface area contributed by atoms with Gasteiger partial charge in [-0.2, -0.15) is 0 Å². The number of hydrogen-bond acceptors (Lipinski definition) is 2. The molecule has 0 fully saturated rings. The molecule has 4 heteroatoms. The highest BCUT2D eigenvalue weighted by Gasteiger charge is 2.15. The van der Waals surface area contributed by atoms with E-state index in [1.165, 1.54) is 0 Å². The van der Waals surface area contributed by atoms with E-state index in [9.17, 15) is 4.79 Å². The van der Waals surface area contributed by atoms with E-state index in [2.05, 4.69) is 24.1 Å². The van der Waals surface area contributed by atoms with Crippen molar-refractivity contribution in [2.24, 2.45) is 5.92 Å². The summed E-state index contributed by atoms with van der Waals surface area (Å²) in [6, 6.07) is 9.32. The van der Waals surface area contributed by atoms with Crippen LogP contribution < -0.4 is 5.32 Å². The number of hydrogen-bond donors (Lipinski definition) is 1. The van der Waals surface area contributed by atoms with E-state index in [4.69, 9.17) is 11.6 Å². The molecule has 1 amide bonds. The monoisotopic (exact) mass is 304 g/mol. The number of nitrogens with one attached hydrogen (secondary N) is 1. The minimum Gasteiger partial charge on any atom is -0.348 e. The number of carbonyl (C=O) groups excluding carboxylic acids is 1. The topological polar surface area (TPSA) is 42.0 Å². The fourth-order valence-electron chi connectivity index (χ4n) is 2.38. The smallest absolute Gasteiger partial charge is 0.270 e. The van der Waals surface area contributed by atoms with Crippen molar-refractivity contribution in [2.45, 2.75) is 39.7 Å². The highest BCUT2D eigenvalue weighted by molar-refractivity contribution is 6.35. The molecule has 0 radical (unpaired) electrons. The van der Waals surface area contributed by atoms with Gasteiger partial charge in [0.2, 0.25) is 0 Å². The summed E-state index contributed by atoms with van der Waals surface area (Å²) in [6.45, 7) is 6.37. The third kappa shape index (κ3) is 3.94. The van der Waals surface area contributed by atoms with Crippen molar-refractivity contribution in [3.8, 4) is 0 Å². The Labute approximate surface area is 130 Å². The Morgan fingerprint density at radius 1 is 1.33 bits per heavy atom. The van der Waals surface area contributed by atoms with Crippen LogP contribution in [0.25, 0.3) is 10.9 Å². The quantitative estimate of drug-likeness (QED) is 0.887. The summed E-state index contributed by atoms with van der Waals surface area (Å²) in [4.78, 5) is 16.7. The lowest BCUT2D eigenvalue weighted by Gasteiger charge is -2.17. The molecule has 2 aromatic rings. The highest BCUT2D eigenvalue weighted by Crippen LogP contribution is 2.22. The van der Waals surface area contributed by atoms with Gasteiger partial charge in [0.15, 0.2) is 0 Å². The maximum absolute atomic E-state index is 12.3. The van der Waals surface area contributed by atoms with E-state index >= 15 is 0 Å². The lowest BCUT2D eigenvalue weighted by molar-refractivity contribution is 0.0930. The van der Waals surface area contributed by atoms with E-state index in [1.54, 1.807) is 6.07 Å². The zero-order chi connectivity index (χ0) is 15.4. The summed E-state index contributed by atoms with van der Waals surface area (Å²) >= 11 is 6.23. The van der Waals surface area contributed by atoms with Gasteiger partial charge in [-0.15, -0.1) is 0 Å². The van der Waals surface area contributed by atoms with Crippen molar-refractivity contribution in [1.29, 1.82) is 0 Å². The lowest BCUT2D eigenvalue weighted by Crippen LogP contribution is -2.34. The van der Waals surface area contributed by atoms with Gasteiger partial charge in [0.05, 0.1) is 10.5 Å². The number of pyridine rings is 1. The van der Waals surface area contributed by atoms with Crippen molar-refractivity contribution in [1.82, 2.24) is 10.3 Å². The van der Waals surface area contributed by atoms with Gasteiger partial charge in [0, 0.05) is 11.4 Å². The maximum Gasteiger partial charge on any atom is 0.270 e. The largest absolute Gasteiger partial charge is 0.348 e. The number of nitrogens with zero attached hydrogens (tertiary/aromatic N) is 1. The molecule has 0 saturated carbocycles. The predicted molar refractivity (Wildman–Crippen MR) is 87.8 cm³/mol. The number of rotatable bonds is 5. The molecule has 21 heavy (non-hydrogen) atoms. The molecule has 0 aliphatic carbocycles. The summed E-state index contributed by atoms with van der Waals surface area (Å²) < 4.78 is 0. The summed E-state index contributed by atoms with van der Waals surface area (Å²) in [7, 11) is 0. The zero-order valence-corrected chi connectivity index (χ0v) is 13.4. The summed E-state index contributed by atoms with van der Waals surface area (Å²) in [5, 5.41) is 4.41. The third-order valence-electron chi connectivity index (χ3n) is 3.73. The number of halogens is 1. The first-order valence-electron chi connectivity index (χ1n) is 7.37. The van der Waals surface area contributed by atoms with Gasteiger partial charge in [-0.05, 0) is 31.4 Å². The van der Waals surface area contributed by atoms with E-state index in [1.807, 2.05) is 31.2 Å². The van der Waals surface area contributed by atoms with Crippen LogP contribution in [-0.2, 0) is 0 Å². The summed E-state index contributed by atoms with van der Waals surface area (Å²) in [6.07, 6.45) is 2.07. The minimum atomic E-state index is -0.168. The molecule has 2 unspecified atom stereocenters. The molecule has 112 valence electrons. The van der Waals surface area contributed by atoms with Crippen molar-refractivity contribution in [3.05, 3.63) is 41.0 Å². The maximum atomic E-state index is 12.3. The Balaban J connectivity index is 2.16. The fourth-order valence-corrected chi connectivity index (χ4v) is 2.64. The van der Waals surface area contributed by atoms with Crippen LogP contribution in [0, 0.1) is 5.92 Å². The molecule has 0 bridgehead atoms. The highest BCUT2D eigenvalue weighted by atomic mass is 35.5. The van der Waals surface area contributed by atoms with Gasteiger partial charge in [0.25, 0.3) is 5.91 Å². The second-order valence-electron chi connectivity index (χ2n) is 5.63. The van der Waals surface area contributed by atoms with Crippen molar-refractivity contribution >= 4 is 28.4 Å². The Morgan fingerprint density at radius 3 is 2.76 bits per heavy atom. The SMILES string of the molecule is CCC(C)CC(C)NC(=O)c1cc(Cl)c2ccccc2n1. The number of carbonyl (C=O) groups is 1. The first-order valence-corrected chi connectivity index (χ1v) is 7.75. The average molecular weight is 305 g/mol. The van der Waals surface area contributed by atoms with Gasteiger partial charge in [-0.1, -0.05) is 50.1 Å². The standard InChI is InChI=1S/C17H21ClN2O/c1-4-11(2)9-12(3)19-17(21)16-10-14(18)13-7-5-6-8-15(13)20-16/h5-8,10-12H,4,9H2,1-3H3,(H,19,21). The summed E-state index contributed by atoms with van der Waals surface area (Å²) in [5.74, 6) is 0.423. The van der Waals surface area contributed by atoms with Gasteiger partial charge >= 0.3 is 0 Å². The van der Waals surface area contributed by atoms with Crippen molar-refractivity contribution < 1.29 is 4.79 Å². The molecule has 1 N–H and O–H groups in total. The second-order valence-corrected chi connectivity index (χ2v) is 6.04. The van der Waals surface area contributed by atoms with Crippen LogP contribution in [0.2, 0.25) is 5.02 Å². The van der Waals surface area contributed by atoms with Crippen LogP contribution in [-0.4, -0.2) is 16.9 Å². The van der Waals surface area contributed by atoms with Crippen LogP contribution >= 0.6 is 11.6 Å². The molecular formula is C17H21ClN2O. The first-order chi connectivity index (χ1) is 10.0. The molecule has 1 heterocycles. The predicted octanol–water partition coefficient (Wildman–Crippen LogP) is 4.44. The first kappa shape index (κ1) is 15.8. The van der Waals surface area contributed by atoms with Crippen molar-refractivity contribution in [2.75, 3.05) is 0 Å². The Kier molecular flexibility index (Phi) is 5.18. The molecule has 0 saturated heterocycles. The number of aromatic nitrogens is 1.